The van der Waals surface area contributed by atoms with Gasteiger partial charge in [0.05, 0.1) is 6.04 Å². The highest BCUT2D eigenvalue weighted by molar-refractivity contribution is 5.97. The number of benzene rings is 4. The summed E-state index contributed by atoms with van der Waals surface area (Å²) in [5.74, 6) is -0.124. The summed E-state index contributed by atoms with van der Waals surface area (Å²) < 4.78 is 17.5. The third-order valence-corrected chi connectivity index (χ3v) is 9.27. The molecule has 0 spiro atoms. The molecule has 2 heterocycles. The van der Waals surface area contributed by atoms with Crippen LogP contribution in [0.15, 0.2) is 103 Å². The molecule has 2 saturated heterocycles. The molecule has 2 fully saturated rings. The molecule has 0 saturated carbocycles. The van der Waals surface area contributed by atoms with Gasteiger partial charge in [-0.15, -0.1) is 0 Å². The highest BCUT2D eigenvalue weighted by Gasteiger charge is 2.46. The van der Waals surface area contributed by atoms with Gasteiger partial charge < -0.3 is 14.2 Å². The Hall–Kier alpha value is -5.44. The number of hydrogen-bond acceptors (Lipinski definition) is 7. The summed E-state index contributed by atoms with van der Waals surface area (Å²) in [6, 6.07) is 33.1. The second-order valence-electron chi connectivity index (χ2n) is 15.8. The molecule has 4 amide bonds. The first-order valence-corrected chi connectivity index (χ1v) is 18.2. The van der Waals surface area contributed by atoms with Crippen molar-refractivity contribution in [1.82, 2.24) is 9.80 Å². The summed E-state index contributed by atoms with van der Waals surface area (Å²) in [5.41, 5.74) is 4.57. The summed E-state index contributed by atoms with van der Waals surface area (Å²) in [4.78, 5) is 55.0. The van der Waals surface area contributed by atoms with Crippen molar-refractivity contribution in [3.05, 3.63) is 114 Å². The summed E-state index contributed by atoms with van der Waals surface area (Å²) in [6.45, 7) is 10.7. The molecule has 4 aromatic rings. The number of imide groups is 2. The molecule has 276 valence electrons. The van der Waals surface area contributed by atoms with Crippen molar-refractivity contribution in [3.63, 3.8) is 0 Å². The van der Waals surface area contributed by atoms with Crippen LogP contribution >= 0.6 is 0 Å². The molecular weight excluding hydrogens is 668 g/mol. The summed E-state index contributed by atoms with van der Waals surface area (Å²) in [5, 5.41) is 0. The quantitative estimate of drug-likeness (QED) is 0.179. The van der Waals surface area contributed by atoms with E-state index in [1.807, 2.05) is 72.8 Å². The van der Waals surface area contributed by atoms with Crippen molar-refractivity contribution in [2.45, 2.75) is 103 Å². The fourth-order valence-electron chi connectivity index (χ4n) is 6.86. The van der Waals surface area contributed by atoms with E-state index in [9.17, 15) is 19.2 Å². The second-order valence-corrected chi connectivity index (χ2v) is 15.8. The Morgan fingerprint density at radius 1 is 0.623 bits per heavy atom. The van der Waals surface area contributed by atoms with Crippen molar-refractivity contribution < 1.29 is 33.4 Å². The van der Waals surface area contributed by atoms with Gasteiger partial charge in [-0.25, -0.2) is 19.4 Å². The molecule has 6 rings (SSSR count). The van der Waals surface area contributed by atoms with E-state index in [1.54, 1.807) is 47.6 Å². The first-order chi connectivity index (χ1) is 25.1. The number of likely N-dealkylation sites (tertiary alicyclic amines) is 2. The van der Waals surface area contributed by atoms with Crippen LogP contribution in [-0.4, -0.2) is 63.2 Å². The molecule has 1 unspecified atom stereocenters. The average molecular weight is 717 g/mol. The van der Waals surface area contributed by atoms with E-state index in [0.29, 0.717) is 37.9 Å². The minimum absolute atomic E-state index is 0.212. The van der Waals surface area contributed by atoms with E-state index in [2.05, 4.69) is 24.3 Å². The van der Waals surface area contributed by atoms with Gasteiger partial charge >= 0.3 is 12.2 Å². The maximum Gasteiger partial charge on any atom is 0.417 e. The van der Waals surface area contributed by atoms with Gasteiger partial charge in [0.25, 0.3) is 5.91 Å². The molecule has 4 aromatic carbocycles. The van der Waals surface area contributed by atoms with Gasteiger partial charge in [0, 0.05) is 18.9 Å². The molecule has 3 atom stereocenters. The minimum Gasteiger partial charge on any atom is -0.480 e. The van der Waals surface area contributed by atoms with E-state index in [1.165, 1.54) is 9.80 Å². The molecule has 0 radical (unpaired) electrons. The largest absolute Gasteiger partial charge is 0.480 e. The molecule has 53 heavy (non-hydrogen) atoms. The highest BCUT2D eigenvalue weighted by Crippen LogP contribution is 2.32. The number of amides is 4. The topological polar surface area (TPSA) is 102 Å². The lowest BCUT2D eigenvalue weighted by atomic mass is 9.99. The Kier molecular flexibility index (Phi) is 10.8. The smallest absolute Gasteiger partial charge is 0.417 e. The summed E-state index contributed by atoms with van der Waals surface area (Å²) in [6.07, 6.45) is 0.0862. The molecule has 0 aromatic heterocycles. The van der Waals surface area contributed by atoms with E-state index >= 15 is 0 Å². The monoisotopic (exact) mass is 716 g/mol. The van der Waals surface area contributed by atoms with Gasteiger partial charge in [-0.05, 0) is 106 Å². The zero-order valence-electron chi connectivity index (χ0n) is 31.3. The van der Waals surface area contributed by atoms with Crippen LogP contribution in [0.2, 0.25) is 0 Å². The van der Waals surface area contributed by atoms with E-state index in [0.717, 1.165) is 33.4 Å². The fraction of sp³-hybridized carbons (Fsp3) is 0.364. The average Bonchev–Trinajstić information content (AvgIpc) is 3.61. The zero-order valence-corrected chi connectivity index (χ0v) is 31.3. The number of ether oxygens (including phenoxy) is 3. The van der Waals surface area contributed by atoms with Crippen LogP contribution in [0, 0.1) is 0 Å². The van der Waals surface area contributed by atoms with E-state index < -0.39 is 41.4 Å². The third-order valence-electron chi connectivity index (χ3n) is 9.27. The Morgan fingerprint density at radius 2 is 1.13 bits per heavy atom. The Balaban J connectivity index is 1.14. The lowest BCUT2D eigenvalue weighted by molar-refractivity contribution is -0.133. The molecule has 2 aliphatic rings. The first-order valence-electron chi connectivity index (χ1n) is 18.2. The van der Waals surface area contributed by atoms with Gasteiger partial charge in [0.2, 0.25) is 5.91 Å². The van der Waals surface area contributed by atoms with E-state index in [-0.39, 0.29) is 11.9 Å². The predicted octanol–water partition coefficient (Wildman–Crippen LogP) is 9.02. The summed E-state index contributed by atoms with van der Waals surface area (Å²) in [7, 11) is 0. The second kappa shape index (κ2) is 15.3. The molecule has 2 aliphatic heterocycles. The highest BCUT2D eigenvalue weighted by atomic mass is 16.6. The Bertz CT molecular complexity index is 1940. The predicted molar refractivity (Wildman–Crippen MR) is 203 cm³/mol. The van der Waals surface area contributed by atoms with Crippen molar-refractivity contribution in [2.24, 2.45) is 0 Å². The first kappa shape index (κ1) is 37.3. The molecular formula is C44H48N2O7. The number of carbonyl (C=O) groups is 4. The fourth-order valence-corrected chi connectivity index (χ4v) is 6.86. The zero-order chi connectivity index (χ0) is 37.9. The van der Waals surface area contributed by atoms with Crippen LogP contribution in [0.3, 0.4) is 0 Å². The Labute approximate surface area is 311 Å². The molecule has 0 aliphatic carbocycles. The minimum atomic E-state index is -0.865. The van der Waals surface area contributed by atoms with Gasteiger partial charge in [0.1, 0.15) is 17.0 Å². The van der Waals surface area contributed by atoms with Crippen molar-refractivity contribution >= 4 is 24.0 Å². The van der Waals surface area contributed by atoms with Crippen molar-refractivity contribution in [3.8, 4) is 28.0 Å². The molecule has 9 heteroatoms. The SMILES string of the molecule is CC(C)(C)OC(=O)N1C(=O)CC[C@H]1Cc1ccc(-c2cccc(OC3C[C@@H](Cc4ccc(-c5ccccc5)cc4)N(C(=O)OC(C)(C)C)C3=O)c2)cc1. The van der Waals surface area contributed by atoms with Gasteiger partial charge in [-0.1, -0.05) is 91.0 Å². The number of rotatable bonds is 8. The van der Waals surface area contributed by atoms with Crippen molar-refractivity contribution in [2.75, 3.05) is 0 Å². The van der Waals surface area contributed by atoms with Crippen molar-refractivity contribution in [1.29, 1.82) is 0 Å². The molecule has 0 N–H and O–H groups in total. The van der Waals surface area contributed by atoms with Crippen LogP contribution < -0.4 is 4.74 Å². The number of nitrogens with zero attached hydrogens (tertiary/aromatic N) is 2. The molecule has 0 bridgehead atoms. The summed E-state index contributed by atoms with van der Waals surface area (Å²) >= 11 is 0. The van der Waals surface area contributed by atoms with Gasteiger partial charge in [-0.3, -0.25) is 9.59 Å². The van der Waals surface area contributed by atoms with E-state index in [4.69, 9.17) is 14.2 Å². The standard InChI is InChI=1S/C44H48N2O7/c1-43(2,3)52-41(49)45-35(23-24-39(45)47)25-29-17-21-33(22-18-29)34-13-10-14-37(27-34)51-38-28-36(46(40(38)48)42(50)53-44(4,5)6)26-30-15-19-32(20-16-30)31-11-8-7-9-12-31/h7-22,27,35-36,38H,23-26,28H2,1-6H3/t35-,36+,38?/m0/s1. The van der Waals surface area contributed by atoms with Crippen LogP contribution in [0.25, 0.3) is 22.3 Å². The lowest BCUT2D eigenvalue weighted by Gasteiger charge is -2.27. The Morgan fingerprint density at radius 3 is 1.72 bits per heavy atom. The molecule has 9 nitrogen and oxygen atoms in total. The van der Waals surface area contributed by atoms with Crippen LogP contribution in [-0.2, 0) is 31.9 Å². The van der Waals surface area contributed by atoms with Gasteiger partial charge in [-0.2, -0.15) is 0 Å². The van der Waals surface area contributed by atoms with Gasteiger partial charge in [0.15, 0.2) is 6.10 Å². The maximum absolute atomic E-state index is 13.8. The third kappa shape index (κ3) is 9.33. The van der Waals surface area contributed by atoms with Crippen LogP contribution in [0.5, 0.6) is 5.75 Å². The lowest BCUT2D eigenvalue weighted by Crippen LogP contribution is -2.44. The van der Waals surface area contributed by atoms with Crippen LogP contribution in [0.4, 0.5) is 9.59 Å². The number of hydrogen-bond donors (Lipinski definition) is 0. The van der Waals surface area contributed by atoms with Crippen LogP contribution in [0.1, 0.15) is 71.9 Å². The maximum atomic E-state index is 13.8. The normalized spacial score (nSPS) is 19.0. The number of carbonyl (C=O) groups excluding carboxylic acids is 4.